The van der Waals surface area contributed by atoms with Gasteiger partial charge in [0, 0.05) is 13.1 Å². The maximum atomic E-state index is 11.8. The molecule has 6 nitrogen and oxygen atoms in total. The first-order valence-corrected chi connectivity index (χ1v) is 7.15. The maximum absolute atomic E-state index is 11.8. The number of amides is 2. The summed E-state index contributed by atoms with van der Waals surface area (Å²) >= 11 is 0. The minimum atomic E-state index is -0.365. The molecule has 1 aliphatic heterocycles. The van der Waals surface area contributed by atoms with Crippen molar-refractivity contribution >= 4 is 24.2 Å². The highest BCUT2D eigenvalue weighted by atomic mass is 35.5. The number of rotatable bonds is 6. The van der Waals surface area contributed by atoms with E-state index in [2.05, 4.69) is 16.0 Å². The van der Waals surface area contributed by atoms with E-state index in [-0.39, 0.29) is 36.8 Å². The second-order valence-corrected chi connectivity index (χ2v) is 4.88. The molecule has 22 heavy (non-hydrogen) atoms. The van der Waals surface area contributed by atoms with Crippen molar-refractivity contribution in [3.63, 3.8) is 0 Å². The number of carbonyl (C=O) groups excluding carboxylic acids is 2. The van der Waals surface area contributed by atoms with E-state index < -0.39 is 0 Å². The largest absolute Gasteiger partial charge is 0.378 e. The van der Waals surface area contributed by atoms with Crippen LogP contribution in [0.1, 0.15) is 5.56 Å². The Morgan fingerprint density at radius 2 is 2.00 bits per heavy atom. The number of ether oxygens (including phenoxy) is 1. The molecule has 0 saturated carbocycles. The van der Waals surface area contributed by atoms with Crippen molar-refractivity contribution in [2.75, 3.05) is 32.8 Å². The van der Waals surface area contributed by atoms with Gasteiger partial charge in [-0.2, -0.15) is 0 Å². The average molecular weight is 328 g/mol. The van der Waals surface area contributed by atoms with Gasteiger partial charge >= 0.3 is 0 Å². The SMILES string of the molecule is Cl.O=C(CNC(=O)C1COCCN1)NCCc1ccccc1. The van der Waals surface area contributed by atoms with E-state index in [1.54, 1.807) is 0 Å². The van der Waals surface area contributed by atoms with E-state index in [1.165, 1.54) is 5.56 Å². The van der Waals surface area contributed by atoms with Crippen LogP contribution in [0.3, 0.4) is 0 Å². The lowest BCUT2D eigenvalue weighted by Crippen LogP contribution is -2.52. The lowest BCUT2D eigenvalue weighted by atomic mass is 10.1. The summed E-state index contributed by atoms with van der Waals surface area (Å²) in [6, 6.07) is 9.56. The third kappa shape index (κ3) is 6.43. The molecule has 1 heterocycles. The molecule has 2 amide bonds. The summed E-state index contributed by atoms with van der Waals surface area (Å²) in [7, 11) is 0. The van der Waals surface area contributed by atoms with Gasteiger partial charge in [-0.25, -0.2) is 0 Å². The number of hydrogen-bond donors (Lipinski definition) is 3. The Balaban J connectivity index is 0.00000242. The molecule has 1 fully saturated rings. The number of carbonyl (C=O) groups is 2. The Bertz CT molecular complexity index is 464. The fraction of sp³-hybridized carbons (Fsp3) is 0.467. The lowest BCUT2D eigenvalue weighted by molar-refractivity contribution is -0.129. The van der Waals surface area contributed by atoms with Crippen LogP contribution in [0.2, 0.25) is 0 Å². The fourth-order valence-electron chi connectivity index (χ4n) is 2.08. The monoisotopic (exact) mass is 327 g/mol. The highest BCUT2D eigenvalue weighted by Gasteiger charge is 2.21. The molecule has 1 saturated heterocycles. The Morgan fingerprint density at radius 3 is 2.68 bits per heavy atom. The second-order valence-electron chi connectivity index (χ2n) is 4.88. The van der Waals surface area contributed by atoms with Crippen molar-refractivity contribution in [2.45, 2.75) is 12.5 Å². The van der Waals surface area contributed by atoms with E-state index in [0.29, 0.717) is 26.3 Å². The van der Waals surface area contributed by atoms with E-state index in [9.17, 15) is 9.59 Å². The molecule has 0 bridgehead atoms. The molecule has 3 N–H and O–H groups in total. The third-order valence-electron chi connectivity index (χ3n) is 3.24. The Labute approximate surface area is 136 Å². The van der Waals surface area contributed by atoms with Gasteiger partial charge in [-0.1, -0.05) is 30.3 Å². The predicted octanol–water partition coefficient (Wildman–Crippen LogP) is -0.128. The Kier molecular flexibility index (Phi) is 8.50. The van der Waals surface area contributed by atoms with Crippen LogP contribution in [0.15, 0.2) is 30.3 Å². The minimum Gasteiger partial charge on any atom is -0.378 e. The van der Waals surface area contributed by atoms with Crippen LogP contribution >= 0.6 is 12.4 Å². The quantitative estimate of drug-likeness (QED) is 0.680. The lowest BCUT2D eigenvalue weighted by Gasteiger charge is -2.22. The smallest absolute Gasteiger partial charge is 0.239 e. The molecule has 1 aromatic rings. The van der Waals surface area contributed by atoms with E-state index in [0.717, 1.165) is 6.42 Å². The van der Waals surface area contributed by atoms with Crippen molar-refractivity contribution < 1.29 is 14.3 Å². The number of benzene rings is 1. The van der Waals surface area contributed by atoms with Crippen LogP contribution in [-0.2, 0) is 20.7 Å². The van der Waals surface area contributed by atoms with Crippen LogP contribution < -0.4 is 16.0 Å². The summed E-state index contributed by atoms with van der Waals surface area (Å²) < 4.78 is 5.20. The summed E-state index contributed by atoms with van der Waals surface area (Å²) in [6.07, 6.45) is 0.776. The first-order chi connectivity index (χ1) is 10.3. The molecule has 7 heteroatoms. The number of hydrogen-bond acceptors (Lipinski definition) is 4. The molecule has 1 aliphatic rings. The van der Waals surface area contributed by atoms with Crippen LogP contribution in [0, 0.1) is 0 Å². The van der Waals surface area contributed by atoms with E-state index >= 15 is 0 Å². The molecule has 0 aliphatic carbocycles. The van der Waals surface area contributed by atoms with Crippen LogP contribution in [0.4, 0.5) is 0 Å². The minimum absolute atomic E-state index is 0. The normalized spacial score (nSPS) is 17.2. The molecule has 2 rings (SSSR count). The first kappa shape index (κ1) is 18.4. The van der Waals surface area contributed by atoms with Gasteiger partial charge in [-0.15, -0.1) is 12.4 Å². The van der Waals surface area contributed by atoms with Gasteiger partial charge in [0.25, 0.3) is 0 Å². The van der Waals surface area contributed by atoms with Crippen molar-refractivity contribution in [1.82, 2.24) is 16.0 Å². The van der Waals surface area contributed by atoms with Crippen molar-refractivity contribution in [3.8, 4) is 0 Å². The Hall–Kier alpha value is -1.63. The molecule has 1 aromatic carbocycles. The van der Waals surface area contributed by atoms with Gasteiger partial charge in [0.05, 0.1) is 19.8 Å². The van der Waals surface area contributed by atoms with E-state index in [4.69, 9.17) is 4.74 Å². The van der Waals surface area contributed by atoms with Gasteiger partial charge in [0.1, 0.15) is 6.04 Å². The standard InChI is InChI=1S/C15H21N3O3.ClH/c19-14(17-7-6-12-4-2-1-3-5-12)10-18-15(20)13-11-21-9-8-16-13;/h1-5,13,16H,6-11H2,(H,17,19)(H,18,20);1H. The molecule has 1 unspecified atom stereocenters. The van der Waals surface area contributed by atoms with Crippen LogP contribution in [-0.4, -0.2) is 50.7 Å². The van der Waals surface area contributed by atoms with Gasteiger partial charge in [0.15, 0.2) is 0 Å². The summed E-state index contributed by atoms with van der Waals surface area (Å²) in [5, 5.41) is 8.43. The van der Waals surface area contributed by atoms with E-state index in [1.807, 2.05) is 30.3 Å². The highest BCUT2D eigenvalue weighted by Crippen LogP contribution is 1.98. The van der Waals surface area contributed by atoms with Crippen molar-refractivity contribution in [1.29, 1.82) is 0 Å². The molecule has 122 valence electrons. The van der Waals surface area contributed by atoms with Crippen molar-refractivity contribution in [3.05, 3.63) is 35.9 Å². The summed E-state index contributed by atoms with van der Waals surface area (Å²) in [4.78, 5) is 23.4. The van der Waals surface area contributed by atoms with Gasteiger partial charge in [0.2, 0.25) is 11.8 Å². The van der Waals surface area contributed by atoms with Gasteiger partial charge < -0.3 is 20.7 Å². The zero-order valence-corrected chi connectivity index (χ0v) is 13.2. The molecular formula is C15H22ClN3O3. The maximum Gasteiger partial charge on any atom is 0.239 e. The first-order valence-electron chi connectivity index (χ1n) is 7.15. The summed E-state index contributed by atoms with van der Waals surface area (Å²) in [5.41, 5.74) is 1.17. The topological polar surface area (TPSA) is 79.5 Å². The molecule has 1 atom stereocenters. The third-order valence-corrected chi connectivity index (χ3v) is 3.24. The van der Waals surface area contributed by atoms with Gasteiger partial charge in [-0.05, 0) is 12.0 Å². The number of nitrogens with one attached hydrogen (secondary N) is 3. The zero-order valence-electron chi connectivity index (χ0n) is 12.3. The second kappa shape index (κ2) is 10.2. The fourth-order valence-corrected chi connectivity index (χ4v) is 2.08. The average Bonchev–Trinajstić information content (AvgIpc) is 2.54. The van der Waals surface area contributed by atoms with Gasteiger partial charge in [-0.3, -0.25) is 9.59 Å². The highest BCUT2D eigenvalue weighted by molar-refractivity contribution is 5.87. The number of morpholine rings is 1. The molecule has 0 spiro atoms. The summed E-state index contributed by atoms with van der Waals surface area (Å²) in [6.45, 7) is 2.17. The summed E-state index contributed by atoms with van der Waals surface area (Å²) in [5.74, 6) is -0.385. The molecule has 0 radical (unpaired) electrons. The van der Waals surface area contributed by atoms with Crippen LogP contribution in [0.25, 0.3) is 0 Å². The molecular weight excluding hydrogens is 306 g/mol. The van der Waals surface area contributed by atoms with Crippen LogP contribution in [0.5, 0.6) is 0 Å². The van der Waals surface area contributed by atoms with Crippen molar-refractivity contribution in [2.24, 2.45) is 0 Å². The molecule has 0 aromatic heterocycles. The predicted molar refractivity (Wildman–Crippen MR) is 86.0 cm³/mol. The Morgan fingerprint density at radius 1 is 1.23 bits per heavy atom. The zero-order chi connectivity index (χ0) is 14.9. The number of halogens is 1.